The Labute approximate surface area is 151 Å². The van der Waals surface area contributed by atoms with Crippen LogP contribution in [0.1, 0.15) is 30.1 Å². The largest absolute Gasteiger partial charge is 0.348 e. The Hall–Kier alpha value is -1.27. The maximum Gasteiger partial charge on any atom is 0.242 e. The van der Waals surface area contributed by atoms with Gasteiger partial charge in [0.1, 0.15) is 6.04 Å². The van der Waals surface area contributed by atoms with E-state index < -0.39 is 6.04 Å². The summed E-state index contributed by atoms with van der Waals surface area (Å²) in [5.41, 5.74) is 1.70. The van der Waals surface area contributed by atoms with Crippen LogP contribution in [0.4, 0.5) is 0 Å². The molecular formula is C15H19Cl3N4O. The Morgan fingerprint density at radius 2 is 1.96 bits per heavy atom. The average molecular weight is 378 g/mol. The Morgan fingerprint density at radius 3 is 2.48 bits per heavy atom. The number of amides is 1. The van der Waals surface area contributed by atoms with Crippen LogP contribution < -0.4 is 10.6 Å². The summed E-state index contributed by atoms with van der Waals surface area (Å²) in [5, 5.41) is 11.0. The second-order valence-electron chi connectivity index (χ2n) is 5.07. The van der Waals surface area contributed by atoms with Gasteiger partial charge in [-0.15, -0.1) is 12.4 Å². The van der Waals surface area contributed by atoms with Crippen molar-refractivity contribution < 1.29 is 4.79 Å². The minimum atomic E-state index is -0.459. The molecule has 2 N–H and O–H groups in total. The molecule has 2 unspecified atom stereocenters. The minimum Gasteiger partial charge on any atom is -0.348 e. The molecular weight excluding hydrogens is 359 g/mol. The van der Waals surface area contributed by atoms with Gasteiger partial charge >= 0.3 is 0 Å². The van der Waals surface area contributed by atoms with Gasteiger partial charge in [0.15, 0.2) is 0 Å². The van der Waals surface area contributed by atoms with E-state index in [4.69, 9.17) is 23.2 Å². The predicted molar refractivity (Wildman–Crippen MR) is 95.3 cm³/mol. The van der Waals surface area contributed by atoms with Crippen molar-refractivity contribution in [2.45, 2.75) is 19.0 Å². The van der Waals surface area contributed by atoms with E-state index in [1.54, 1.807) is 30.1 Å². The quantitative estimate of drug-likeness (QED) is 0.840. The van der Waals surface area contributed by atoms with Gasteiger partial charge in [-0.3, -0.25) is 9.48 Å². The van der Waals surface area contributed by atoms with Crippen molar-refractivity contribution in [3.8, 4) is 0 Å². The number of aromatic nitrogens is 2. The van der Waals surface area contributed by atoms with Crippen LogP contribution in [0, 0.1) is 0 Å². The number of halogens is 3. The summed E-state index contributed by atoms with van der Waals surface area (Å²) >= 11 is 11.9. The molecule has 0 aliphatic heterocycles. The molecule has 1 amide bonds. The Morgan fingerprint density at radius 1 is 1.26 bits per heavy atom. The van der Waals surface area contributed by atoms with Crippen LogP contribution in [-0.4, -0.2) is 22.7 Å². The molecule has 0 aliphatic carbocycles. The van der Waals surface area contributed by atoms with E-state index in [1.807, 2.05) is 26.2 Å². The molecule has 0 saturated carbocycles. The van der Waals surface area contributed by atoms with Crippen LogP contribution in [0.25, 0.3) is 0 Å². The van der Waals surface area contributed by atoms with Crippen LogP contribution in [0.5, 0.6) is 0 Å². The molecule has 1 aromatic carbocycles. The van der Waals surface area contributed by atoms with Crippen molar-refractivity contribution in [1.29, 1.82) is 0 Å². The van der Waals surface area contributed by atoms with Crippen LogP contribution in [-0.2, 0) is 11.8 Å². The summed E-state index contributed by atoms with van der Waals surface area (Å²) in [5.74, 6) is -0.130. The second-order valence-corrected chi connectivity index (χ2v) is 5.89. The topological polar surface area (TPSA) is 59.0 Å². The van der Waals surface area contributed by atoms with Crippen molar-refractivity contribution >= 4 is 41.5 Å². The zero-order valence-corrected chi connectivity index (χ0v) is 15.3. The number of hydrogen-bond acceptors (Lipinski definition) is 3. The maximum atomic E-state index is 12.4. The summed E-state index contributed by atoms with van der Waals surface area (Å²) in [7, 11) is 3.55. The standard InChI is InChI=1S/C15H18Cl2N4O.ClH/c1-9(10-4-5-12(16)13(17)6-10)20-15(22)14(18-2)11-7-19-21(3)8-11;/h4-9,14,18H,1-3H3,(H,20,22);1H. The number of nitrogens with one attached hydrogen (secondary N) is 2. The highest BCUT2D eigenvalue weighted by atomic mass is 35.5. The molecule has 0 fully saturated rings. The number of carbonyl (C=O) groups excluding carboxylic acids is 1. The lowest BCUT2D eigenvalue weighted by Gasteiger charge is -2.19. The predicted octanol–water partition coefficient (Wildman–Crippen LogP) is 3.29. The number of benzene rings is 1. The van der Waals surface area contributed by atoms with Crippen molar-refractivity contribution in [3.63, 3.8) is 0 Å². The first-order chi connectivity index (χ1) is 10.4. The Bertz CT molecular complexity index is 674. The second kappa shape index (κ2) is 8.55. The number of carbonyl (C=O) groups is 1. The van der Waals surface area contributed by atoms with E-state index in [1.165, 1.54) is 0 Å². The first kappa shape index (κ1) is 19.8. The average Bonchev–Trinajstić information content (AvgIpc) is 2.89. The Balaban J connectivity index is 0.00000264. The normalized spacial score (nSPS) is 13.1. The van der Waals surface area contributed by atoms with Gasteiger partial charge in [0.2, 0.25) is 5.91 Å². The van der Waals surface area contributed by atoms with Crippen LogP contribution in [0.2, 0.25) is 10.0 Å². The molecule has 5 nitrogen and oxygen atoms in total. The third kappa shape index (κ3) is 4.85. The first-order valence-electron chi connectivity index (χ1n) is 6.83. The first-order valence-corrected chi connectivity index (χ1v) is 7.59. The van der Waals surface area contributed by atoms with Gasteiger partial charge < -0.3 is 10.6 Å². The molecule has 0 saturated heterocycles. The fraction of sp³-hybridized carbons (Fsp3) is 0.333. The van der Waals surface area contributed by atoms with Crippen molar-refractivity contribution in [3.05, 3.63) is 51.8 Å². The van der Waals surface area contributed by atoms with Crippen molar-refractivity contribution in [2.24, 2.45) is 7.05 Å². The van der Waals surface area contributed by atoms with Gasteiger partial charge in [-0.05, 0) is 31.7 Å². The summed E-state index contributed by atoms with van der Waals surface area (Å²) in [6, 6.07) is 4.68. The number of rotatable bonds is 5. The molecule has 126 valence electrons. The summed E-state index contributed by atoms with van der Waals surface area (Å²) < 4.78 is 1.66. The highest BCUT2D eigenvalue weighted by molar-refractivity contribution is 6.42. The molecule has 2 atom stereocenters. The number of hydrogen-bond donors (Lipinski definition) is 2. The highest BCUT2D eigenvalue weighted by Crippen LogP contribution is 2.26. The number of nitrogens with zero attached hydrogens (tertiary/aromatic N) is 2. The van der Waals surface area contributed by atoms with Crippen LogP contribution in [0.15, 0.2) is 30.6 Å². The lowest BCUT2D eigenvalue weighted by molar-refractivity contribution is -0.123. The van der Waals surface area contributed by atoms with Gasteiger partial charge in [-0.25, -0.2) is 0 Å². The van der Waals surface area contributed by atoms with E-state index in [0.29, 0.717) is 10.0 Å². The summed E-state index contributed by atoms with van der Waals surface area (Å²) in [6.45, 7) is 1.90. The monoisotopic (exact) mass is 376 g/mol. The SMILES string of the molecule is CNC(C(=O)NC(C)c1ccc(Cl)c(Cl)c1)c1cnn(C)c1.Cl. The van der Waals surface area contributed by atoms with E-state index >= 15 is 0 Å². The molecule has 1 heterocycles. The van der Waals surface area contributed by atoms with Crippen molar-refractivity contribution in [2.75, 3.05) is 7.05 Å². The molecule has 0 radical (unpaired) electrons. The van der Waals surface area contributed by atoms with Gasteiger partial charge in [0.05, 0.1) is 22.3 Å². The zero-order valence-electron chi connectivity index (χ0n) is 13.0. The molecule has 2 rings (SSSR count). The smallest absolute Gasteiger partial charge is 0.242 e. The third-order valence-corrected chi connectivity index (χ3v) is 4.15. The van der Waals surface area contributed by atoms with E-state index in [-0.39, 0.29) is 24.4 Å². The molecule has 0 aliphatic rings. The maximum absolute atomic E-state index is 12.4. The zero-order chi connectivity index (χ0) is 16.3. The number of aryl methyl sites for hydroxylation is 1. The van der Waals surface area contributed by atoms with Crippen LogP contribution >= 0.6 is 35.6 Å². The molecule has 8 heteroatoms. The highest BCUT2D eigenvalue weighted by Gasteiger charge is 2.22. The minimum absolute atomic E-state index is 0. The van der Waals surface area contributed by atoms with E-state index in [0.717, 1.165) is 11.1 Å². The van der Waals surface area contributed by atoms with Gasteiger partial charge in [0.25, 0.3) is 0 Å². The molecule has 1 aromatic heterocycles. The van der Waals surface area contributed by atoms with Gasteiger partial charge in [0, 0.05) is 18.8 Å². The molecule has 23 heavy (non-hydrogen) atoms. The lowest BCUT2D eigenvalue weighted by atomic mass is 10.1. The Kier molecular flexibility index (Phi) is 7.35. The van der Waals surface area contributed by atoms with Gasteiger partial charge in [-0.1, -0.05) is 29.3 Å². The van der Waals surface area contributed by atoms with E-state index in [2.05, 4.69) is 15.7 Å². The number of likely N-dealkylation sites (N-methyl/N-ethyl adjacent to an activating group) is 1. The fourth-order valence-corrected chi connectivity index (χ4v) is 2.51. The molecule has 2 aromatic rings. The molecule has 0 bridgehead atoms. The fourth-order valence-electron chi connectivity index (χ4n) is 2.20. The molecule has 0 spiro atoms. The summed E-state index contributed by atoms with van der Waals surface area (Å²) in [4.78, 5) is 12.4. The van der Waals surface area contributed by atoms with Crippen molar-refractivity contribution in [1.82, 2.24) is 20.4 Å². The lowest BCUT2D eigenvalue weighted by Crippen LogP contribution is -2.37. The van der Waals surface area contributed by atoms with E-state index in [9.17, 15) is 4.79 Å². The third-order valence-electron chi connectivity index (χ3n) is 3.41. The van der Waals surface area contributed by atoms with Gasteiger partial charge in [-0.2, -0.15) is 5.10 Å². The summed E-state index contributed by atoms with van der Waals surface area (Å²) in [6.07, 6.45) is 3.48. The van der Waals surface area contributed by atoms with Crippen LogP contribution in [0.3, 0.4) is 0 Å².